The van der Waals surface area contributed by atoms with E-state index in [1.165, 1.54) is 19.9 Å². The summed E-state index contributed by atoms with van der Waals surface area (Å²) in [6.07, 6.45) is -5.36. The molecule has 2 rings (SSSR count). The van der Waals surface area contributed by atoms with Crippen LogP contribution in [0.4, 0.5) is 22.0 Å². The normalized spacial score (nSPS) is 13.2. The number of benzene rings is 2. The molecule has 2 aromatic carbocycles. The molecule has 1 unspecified atom stereocenters. The zero-order chi connectivity index (χ0) is 24.8. The van der Waals surface area contributed by atoms with Crippen molar-refractivity contribution in [1.29, 1.82) is 0 Å². The fraction of sp³-hybridized carbons (Fsp3) is 0.364. The molecule has 2 aromatic rings. The van der Waals surface area contributed by atoms with Gasteiger partial charge >= 0.3 is 18.1 Å². The maximum absolute atomic E-state index is 14.1. The van der Waals surface area contributed by atoms with Crippen LogP contribution in [-0.4, -0.2) is 36.4 Å². The number of hydrogen-bond acceptors (Lipinski definition) is 6. The zero-order valence-electron chi connectivity index (χ0n) is 17.7. The van der Waals surface area contributed by atoms with Crippen LogP contribution in [-0.2, 0) is 31.1 Å². The SMILES string of the molecule is CCOC(=O)C(CC)(OC(=O)Cc1ccc(OCC(F)(F)F)c(F)c1)c1ccc(O)c(F)c1. The number of phenols is 1. The third kappa shape index (κ3) is 6.56. The molecule has 0 aliphatic carbocycles. The molecule has 0 heterocycles. The van der Waals surface area contributed by atoms with Crippen LogP contribution in [0.2, 0.25) is 0 Å². The van der Waals surface area contributed by atoms with E-state index in [1.54, 1.807) is 0 Å². The summed E-state index contributed by atoms with van der Waals surface area (Å²) in [5.41, 5.74) is -2.10. The lowest BCUT2D eigenvalue weighted by atomic mass is 9.90. The minimum absolute atomic E-state index is 0.0302. The third-order valence-electron chi connectivity index (χ3n) is 4.54. The Balaban J connectivity index is 2.26. The molecular weight excluding hydrogens is 455 g/mol. The number of halogens is 5. The van der Waals surface area contributed by atoms with E-state index in [0.717, 1.165) is 30.3 Å². The first-order valence-corrected chi connectivity index (χ1v) is 9.78. The summed E-state index contributed by atoms with van der Waals surface area (Å²) in [5, 5.41) is 9.42. The minimum Gasteiger partial charge on any atom is -0.505 e. The second-order valence-corrected chi connectivity index (χ2v) is 6.89. The lowest BCUT2D eigenvalue weighted by molar-refractivity contribution is -0.184. The number of aromatic hydroxyl groups is 1. The highest BCUT2D eigenvalue weighted by atomic mass is 19.4. The summed E-state index contributed by atoms with van der Waals surface area (Å²) >= 11 is 0. The predicted octanol–water partition coefficient (Wildman–Crippen LogP) is 4.57. The van der Waals surface area contributed by atoms with Gasteiger partial charge in [-0.25, -0.2) is 13.6 Å². The highest BCUT2D eigenvalue weighted by molar-refractivity contribution is 5.85. The molecule has 0 aromatic heterocycles. The van der Waals surface area contributed by atoms with Gasteiger partial charge in [0.15, 0.2) is 29.7 Å². The second-order valence-electron chi connectivity index (χ2n) is 6.89. The maximum atomic E-state index is 14.1. The Kier molecular flexibility index (Phi) is 8.23. The minimum atomic E-state index is -4.65. The van der Waals surface area contributed by atoms with Crippen molar-refractivity contribution in [2.75, 3.05) is 13.2 Å². The van der Waals surface area contributed by atoms with Crippen LogP contribution in [0.3, 0.4) is 0 Å². The number of rotatable bonds is 9. The molecule has 0 radical (unpaired) electrons. The summed E-state index contributed by atoms with van der Waals surface area (Å²) in [7, 11) is 0. The van der Waals surface area contributed by atoms with Crippen molar-refractivity contribution in [1.82, 2.24) is 0 Å². The molecule has 180 valence electrons. The van der Waals surface area contributed by atoms with E-state index in [1.807, 2.05) is 0 Å². The fourth-order valence-electron chi connectivity index (χ4n) is 2.97. The Morgan fingerprint density at radius 2 is 1.70 bits per heavy atom. The first-order chi connectivity index (χ1) is 15.4. The summed E-state index contributed by atoms with van der Waals surface area (Å²) in [4.78, 5) is 25.3. The topological polar surface area (TPSA) is 82.1 Å². The number of alkyl halides is 3. The summed E-state index contributed by atoms with van der Waals surface area (Å²) < 4.78 is 79.5. The van der Waals surface area contributed by atoms with E-state index in [4.69, 9.17) is 9.47 Å². The van der Waals surface area contributed by atoms with Gasteiger partial charge in [0.1, 0.15) is 0 Å². The van der Waals surface area contributed by atoms with Crippen molar-refractivity contribution in [2.45, 2.75) is 38.5 Å². The van der Waals surface area contributed by atoms with Crippen molar-refractivity contribution in [3.05, 3.63) is 59.2 Å². The van der Waals surface area contributed by atoms with E-state index in [0.29, 0.717) is 0 Å². The molecule has 0 saturated heterocycles. The van der Waals surface area contributed by atoms with Gasteiger partial charge in [0.05, 0.1) is 13.0 Å². The third-order valence-corrected chi connectivity index (χ3v) is 4.54. The molecular formula is C22H21F5O6. The molecule has 6 nitrogen and oxygen atoms in total. The van der Waals surface area contributed by atoms with Crippen LogP contribution < -0.4 is 4.74 Å². The molecule has 1 atom stereocenters. The Bertz CT molecular complexity index is 1010. The molecule has 0 spiro atoms. The van der Waals surface area contributed by atoms with Crippen LogP contribution in [0, 0.1) is 11.6 Å². The molecule has 0 fully saturated rings. The quantitative estimate of drug-likeness (QED) is 0.422. The van der Waals surface area contributed by atoms with Gasteiger partial charge in [0, 0.05) is 5.56 Å². The molecule has 0 amide bonds. The molecule has 0 aliphatic heterocycles. The van der Waals surface area contributed by atoms with Gasteiger partial charge in [-0.05, 0) is 43.2 Å². The molecule has 0 bridgehead atoms. The Labute approximate surface area is 185 Å². The molecule has 0 saturated carbocycles. The predicted molar refractivity (Wildman–Crippen MR) is 104 cm³/mol. The zero-order valence-corrected chi connectivity index (χ0v) is 17.7. The number of hydrogen-bond donors (Lipinski definition) is 1. The van der Waals surface area contributed by atoms with Crippen LogP contribution in [0.15, 0.2) is 36.4 Å². The summed E-state index contributed by atoms with van der Waals surface area (Å²) in [6, 6.07) is 5.89. The van der Waals surface area contributed by atoms with Gasteiger partial charge in [0.2, 0.25) is 5.60 Å². The van der Waals surface area contributed by atoms with Crippen LogP contribution in [0.1, 0.15) is 31.4 Å². The van der Waals surface area contributed by atoms with Gasteiger partial charge in [0.25, 0.3) is 0 Å². The van der Waals surface area contributed by atoms with Crippen LogP contribution >= 0.6 is 0 Å². The van der Waals surface area contributed by atoms with Gasteiger partial charge in [-0.1, -0.05) is 19.1 Å². The number of esters is 2. The van der Waals surface area contributed by atoms with Crippen LogP contribution in [0.25, 0.3) is 0 Å². The molecule has 11 heteroatoms. The number of ether oxygens (including phenoxy) is 3. The van der Waals surface area contributed by atoms with E-state index in [-0.39, 0.29) is 24.2 Å². The Morgan fingerprint density at radius 1 is 1.00 bits per heavy atom. The fourth-order valence-corrected chi connectivity index (χ4v) is 2.97. The van der Waals surface area contributed by atoms with Crippen molar-refractivity contribution < 1.29 is 50.9 Å². The lowest BCUT2D eigenvalue weighted by Crippen LogP contribution is -2.42. The van der Waals surface area contributed by atoms with E-state index in [2.05, 4.69) is 4.74 Å². The molecule has 33 heavy (non-hydrogen) atoms. The average molecular weight is 476 g/mol. The van der Waals surface area contributed by atoms with E-state index in [9.17, 15) is 36.6 Å². The highest BCUT2D eigenvalue weighted by Crippen LogP contribution is 2.34. The van der Waals surface area contributed by atoms with Crippen LogP contribution in [0.5, 0.6) is 11.5 Å². The number of phenolic OH excluding ortho intramolecular Hbond substituents is 1. The summed E-state index contributed by atoms with van der Waals surface area (Å²) in [6.45, 7) is 1.25. The average Bonchev–Trinajstić information content (AvgIpc) is 2.73. The lowest BCUT2D eigenvalue weighted by Gasteiger charge is -2.30. The second kappa shape index (κ2) is 10.5. The smallest absolute Gasteiger partial charge is 0.422 e. The monoisotopic (exact) mass is 476 g/mol. The van der Waals surface area contributed by atoms with Gasteiger partial charge in [-0.3, -0.25) is 4.79 Å². The van der Waals surface area contributed by atoms with Crippen molar-refractivity contribution in [3.8, 4) is 11.5 Å². The van der Waals surface area contributed by atoms with Crippen molar-refractivity contribution in [2.24, 2.45) is 0 Å². The molecule has 0 aliphatic rings. The van der Waals surface area contributed by atoms with Gasteiger partial charge < -0.3 is 19.3 Å². The Morgan fingerprint density at radius 3 is 2.24 bits per heavy atom. The standard InChI is InChI=1S/C22H21F5O6/c1-3-21(20(30)31-4-2,14-6-7-17(28)15(23)11-14)33-19(29)10-13-5-8-18(16(24)9-13)32-12-22(25,26)27/h5-9,11,28H,3-4,10,12H2,1-2H3. The van der Waals surface area contributed by atoms with E-state index < -0.39 is 59.9 Å². The Hall–Kier alpha value is -3.37. The van der Waals surface area contributed by atoms with Gasteiger partial charge in [-0.15, -0.1) is 0 Å². The van der Waals surface area contributed by atoms with Crippen molar-refractivity contribution in [3.63, 3.8) is 0 Å². The first-order valence-electron chi connectivity index (χ1n) is 9.78. The maximum Gasteiger partial charge on any atom is 0.422 e. The first kappa shape index (κ1) is 25.9. The van der Waals surface area contributed by atoms with E-state index >= 15 is 0 Å². The largest absolute Gasteiger partial charge is 0.505 e. The number of carbonyl (C=O) groups excluding carboxylic acids is 2. The summed E-state index contributed by atoms with van der Waals surface area (Å²) in [5.74, 6) is -5.50. The number of carbonyl (C=O) groups is 2. The molecule has 1 N–H and O–H groups in total. The highest BCUT2D eigenvalue weighted by Gasteiger charge is 2.45. The van der Waals surface area contributed by atoms with Crippen molar-refractivity contribution >= 4 is 11.9 Å². The van der Waals surface area contributed by atoms with Gasteiger partial charge in [-0.2, -0.15) is 13.2 Å².